The number of aliphatic hydroxyl groups excluding tert-OH is 1. The number of aliphatic hydroxyl groups is 1. The summed E-state index contributed by atoms with van der Waals surface area (Å²) < 4.78 is 1.69. The highest BCUT2D eigenvalue weighted by Crippen LogP contribution is 2.23. The third kappa shape index (κ3) is 2.74. The quantitative estimate of drug-likeness (QED) is 0.910. The van der Waals surface area contributed by atoms with Gasteiger partial charge in [-0.25, -0.2) is 0 Å². The third-order valence-electron chi connectivity index (χ3n) is 4.41. The standard InChI is InChI=1S/C16H20N4O2/c1-11-14(8-18-19(11)2)16(22)20-9-13(15(21)10-20)7-12-3-5-17-6-4-12/h3-6,8,13,15,21H,7,9-10H2,1-2H3/t13-,15-/m1/s1. The van der Waals surface area contributed by atoms with Gasteiger partial charge in [-0.2, -0.15) is 5.10 Å². The molecule has 1 aliphatic rings. The van der Waals surface area contributed by atoms with Crippen molar-refractivity contribution in [2.45, 2.75) is 19.4 Å². The van der Waals surface area contributed by atoms with E-state index in [0.717, 1.165) is 17.7 Å². The molecule has 116 valence electrons. The smallest absolute Gasteiger partial charge is 0.257 e. The molecule has 1 N–H and O–H groups in total. The third-order valence-corrected chi connectivity index (χ3v) is 4.41. The number of pyridine rings is 1. The van der Waals surface area contributed by atoms with Crippen molar-refractivity contribution < 1.29 is 9.90 Å². The predicted molar refractivity (Wildman–Crippen MR) is 81.3 cm³/mol. The molecule has 6 nitrogen and oxygen atoms in total. The van der Waals surface area contributed by atoms with E-state index in [1.54, 1.807) is 28.2 Å². The first-order valence-electron chi connectivity index (χ1n) is 7.41. The number of hydrogen-bond acceptors (Lipinski definition) is 4. The molecule has 0 saturated carbocycles. The zero-order chi connectivity index (χ0) is 15.7. The van der Waals surface area contributed by atoms with Crippen LogP contribution in [-0.4, -0.2) is 49.9 Å². The summed E-state index contributed by atoms with van der Waals surface area (Å²) in [7, 11) is 1.82. The van der Waals surface area contributed by atoms with Crippen LogP contribution in [0.1, 0.15) is 21.6 Å². The van der Waals surface area contributed by atoms with Crippen LogP contribution in [-0.2, 0) is 13.5 Å². The van der Waals surface area contributed by atoms with E-state index < -0.39 is 6.10 Å². The molecule has 1 amide bonds. The molecule has 1 fully saturated rings. The molecule has 22 heavy (non-hydrogen) atoms. The molecule has 2 atom stereocenters. The van der Waals surface area contributed by atoms with Crippen molar-refractivity contribution in [2.75, 3.05) is 13.1 Å². The van der Waals surface area contributed by atoms with Crippen molar-refractivity contribution in [1.29, 1.82) is 0 Å². The Morgan fingerprint density at radius 3 is 2.73 bits per heavy atom. The lowest BCUT2D eigenvalue weighted by molar-refractivity contribution is 0.0764. The number of nitrogens with zero attached hydrogens (tertiary/aromatic N) is 4. The van der Waals surface area contributed by atoms with Crippen LogP contribution in [0.2, 0.25) is 0 Å². The molecule has 0 spiro atoms. The van der Waals surface area contributed by atoms with Gasteiger partial charge in [-0.1, -0.05) is 0 Å². The van der Waals surface area contributed by atoms with Crippen molar-refractivity contribution in [1.82, 2.24) is 19.7 Å². The molecule has 6 heteroatoms. The van der Waals surface area contributed by atoms with Gasteiger partial charge in [0.15, 0.2) is 0 Å². The molecule has 2 aromatic heterocycles. The molecule has 1 aliphatic heterocycles. The molecule has 0 radical (unpaired) electrons. The first-order chi connectivity index (χ1) is 10.6. The lowest BCUT2D eigenvalue weighted by Crippen LogP contribution is -2.30. The average molecular weight is 300 g/mol. The number of rotatable bonds is 3. The van der Waals surface area contributed by atoms with Crippen molar-refractivity contribution >= 4 is 5.91 Å². The summed E-state index contributed by atoms with van der Waals surface area (Å²) in [4.78, 5) is 18.3. The second-order valence-electron chi connectivity index (χ2n) is 5.86. The molecule has 3 heterocycles. The number of likely N-dealkylation sites (tertiary alicyclic amines) is 1. The fourth-order valence-corrected chi connectivity index (χ4v) is 2.92. The topological polar surface area (TPSA) is 71.2 Å². The minimum Gasteiger partial charge on any atom is -0.391 e. The molecular weight excluding hydrogens is 280 g/mol. The number of hydrogen-bond donors (Lipinski definition) is 1. The Labute approximate surface area is 129 Å². The molecule has 0 bridgehead atoms. The summed E-state index contributed by atoms with van der Waals surface area (Å²) in [5.41, 5.74) is 2.59. The van der Waals surface area contributed by atoms with Gasteiger partial charge in [-0.3, -0.25) is 14.5 Å². The SMILES string of the molecule is Cc1c(C(=O)N2C[C@@H](Cc3ccncc3)[C@H](O)C2)cnn1C. The lowest BCUT2D eigenvalue weighted by Gasteiger charge is -2.16. The molecule has 0 unspecified atom stereocenters. The van der Waals surface area contributed by atoms with Gasteiger partial charge in [-0.15, -0.1) is 0 Å². The highest BCUT2D eigenvalue weighted by atomic mass is 16.3. The zero-order valence-electron chi connectivity index (χ0n) is 12.8. The second kappa shape index (κ2) is 5.88. The van der Waals surface area contributed by atoms with E-state index in [1.807, 2.05) is 26.1 Å². The summed E-state index contributed by atoms with van der Waals surface area (Å²) >= 11 is 0. The maximum atomic E-state index is 12.6. The fourth-order valence-electron chi connectivity index (χ4n) is 2.92. The van der Waals surface area contributed by atoms with E-state index in [0.29, 0.717) is 18.7 Å². The van der Waals surface area contributed by atoms with Gasteiger partial charge in [0, 0.05) is 44.1 Å². The van der Waals surface area contributed by atoms with E-state index in [-0.39, 0.29) is 11.8 Å². The highest BCUT2D eigenvalue weighted by Gasteiger charge is 2.35. The Hall–Kier alpha value is -2.21. The van der Waals surface area contributed by atoms with Gasteiger partial charge in [0.05, 0.1) is 17.9 Å². The molecule has 0 aromatic carbocycles. The Morgan fingerprint density at radius 2 is 2.09 bits per heavy atom. The van der Waals surface area contributed by atoms with Crippen LogP contribution >= 0.6 is 0 Å². The minimum absolute atomic E-state index is 0.0538. The molecule has 0 aliphatic carbocycles. The van der Waals surface area contributed by atoms with Gasteiger partial charge in [0.25, 0.3) is 5.91 Å². The van der Waals surface area contributed by atoms with E-state index in [2.05, 4.69) is 10.1 Å². The lowest BCUT2D eigenvalue weighted by atomic mass is 9.97. The van der Waals surface area contributed by atoms with E-state index in [4.69, 9.17) is 0 Å². The minimum atomic E-state index is -0.492. The van der Waals surface area contributed by atoms with E-state index in [9.17, 15) is 9.90 Å². The highest BCUT2D eigenvalue weighted by molar-refractivity contribution is 5.95. The monoisotopic (exact) mass is 300 g/mol. The maximum Gasteiger partial charge on any atom is 0.257 e. The van der Waals surface area contributed by atoms with Crippen molar-refractivity contribution in [3.8, 4) is 0 Å². The number of aromatic nitrogens is 3. The van der Waals surface area contributed by atoms with Gasteiger partial charge >= 0.3 is 0 Å². The van der Waals surface area contributed by atoms with Crippen molar-refractivity contribution in [3.63, 3.8) is 0 Å². The van der Waals surface area contributed by atoms with Crippen LogP contribution in [0, 0.1) is 12.8 Å². The fraction of sp³-hybridized carbons (Fsp3) is 0.438. The summed E-state index contributed by atoms with van der Waals surface area (Å²) in [6.45, 7) is 2.82. The summed E-state index contributed by atoms with van der Waals surface area (Å²) in [5.74, 6) is 0.00482. The van der Waals surface area contributed by atoms with Crippen LogP contribution in [0.15, 0.2) is 30.7 Å². The van der Waals surface area contributed by atoms with Crippen LogP contribution < -0.4 is 0 Å². The van der Waals surface area contributed by atoms with Gasteiger partial charge in [0.2, 0.25) is 0 Å². The molecule has 3 rings (SSSR count). The largest absolute Gasteiger partial charge is 0.391 e. The molecular formula is C16H20N4O2. The maximum absolute atomic E-state index is 12.6. The number of aryl methyl sites for hydroxylation is 1. The van der Waals surface area contributed by atoms with Crippen LogP contribution in [0.3, 0.4) is 0 Å². The van der Waals surface area contributed by atoms with Crippen LogP contribution in [0.5, 0.6) is 0 Å². The number of carbonyl (C=O) groups is 1. The van der Waals surface area contributed by atoms with E-state index in [1.165, 1.54) is 0 Å². The Bertz CT molecular complexity index is 668. The van der Waals surface area contributed by atoms with E-state index >= 15 is 0 Å². The first kappa shape index (κ1) is 14.7. The summed E-state index contributed by atoms with van der Waals surface area (Å²) in [6.07, 6.45) is 5.35. The predicted octanol–water partition coefficient (Wildman–Crippen LogP) is 0.799. The van der Waals surface area contributed by atoms with Crippen molar-refractivity contribution in [3.05, 3.63) is 47.5 Å². The van der Waals surface area contributed by atoms with Crippen LogP contribution in [0.4, 0.5) is 0 Å². The molecule has 2 aromatic rings. The first-order valence-corrected chi connectivity index (χ1v) is 7.41. The van der Waals surface area contributed by atoms with Crippen molar-refractivity contribution in [2.24, 2.45) is 13.0 Å². The van der Waals surface area contributed by atoms with Gasteiger partial charge in [-0.05, 0) is 31.0 Å². The molecule has 1 saturated heterocycles. The Kier molecular flexibility index (Phi) is 3.94. The number of β-amino-alcohol motifs (C(OH)–C–C–N with tert-alkyl or cyclic N) is 1. The van der Waals surface area contributed by atoms with Crippen LogP contribution in [0.25, 0.3) is 0 Å². The average Bonchev–Trinajstić information content (AvgIpc) is 3.04. The number of amides is 1. The summed E-state index contributed by atoms with van der Waals surface area (Å²) in [5, 5.41) is 14.4. The van der Waals surface area contributed by atoms with Gasteiger partial charge < -0.3 is 10.0 Å². The second-order valence-corrected chi connectivity index (χ2v) is 5.86. The normalized spacial score (nSPS) is 21.3. The summed E-state index contributed by atoms with van der Waals surface area (Å²) in [6, 6.07) is 3.89. The number of carbonyl (C=O) groups excluding carboxylic acids is 1. The zero-order valence-corrected chi connectivity index (χ0v) is 12.8. The Balaban J connectivity index is 1.70. The Morgan fingerprint density at radius 1 is 1.36 bits per heavy atom. The van der Waals surface area contributed by atoms with Gasteiger partial charge in [0.1, 0.15) is 0 Å².